The van der Waals surface area contributed by atoms with Crippen LogP contribution in [0, 0.1) is 11.8 Å². The molecule has 0 rings (SSSR count). The van der Waals surface area contributed by atoms with Crippen LogP contribution < -0.4 is 0 Å². The summed E-state index contributed by atoms with van der Waals surface area (Å²) < 4.78 is 0. The van der Waals surface area contributed by atoms with Gasteiger partial charge in [0.15, 0.2) is 0 Å². The van der Waals surface area contributed by atoms with Gasteiger partial charge in [-0.3, -0.25) is 9.98 Å². The monoisotopic (exact) mass is 252 g/mol. The second kappa shape index (κ2) is 10.3. The highest BCUT2D eigenvalue weighted by Gasteiger charge is 1.97. The lowest BCUT2D eigenvalue weighted by atomic mass is 10.1. The number of nitrogens with zero attached hydrogens (tertiary/aromatic N) is 2. The molecule has 0 N–H and O–H groups in total. The van der Waals surface area contributed by atoms with Gasteiger partial charge in [-0.05, 0) is 51.4 Å². The maximum atomic E-state index is 4.60. The van der Waals surface area contributed by atoms with E-state index in [-0.39, 0.29) is 0 Å². The first kappa shape index (κ1) is 17.3. The molecule has 0 aliphatic carbocycles. The van der Waals surface area contributed by atoms with Gasteiger partial charge in [-0.2, -0.15) is 0 Å². The molecule has 0 saturated heterocycles. The van der Waals surface area contributed by atoms with Crippen LogP contribution in [0.5, 0.6) is 0 Å². The third kappa shape index (κ3) is 11.8. The van der Waals surface area contributed by atoms with Crippen molar-refractivity contribution < 1.29 is 0 Å². The van der Waals surface area contributed by atoms with E-state index < -0.39 is 0 Å². The van der Waals surface area contributed by atoms with Gasteiger partial charge in [-0.15, -0.1) is 0 Å². The second-order valence-corrected chi connectivity index (χ2v) is 6.14. The maximum Gasteiger partial charge on any atom is 0.0389 e. The summed E-state index contributed by atoms with van der Waals surface area (Å²) in [6.07, 6.45) is 4.58. The van der Waals surface area contributed by atoms with E-state index in [1.807, 2.05) is 0 Å². The summed E-state index contributed by atoms with van der Waals surface area (Å²) >= 11 is 0. The molecule has 0 aliphatic heterocycles. The van der Waals surface area contributed by atoms with Crippen molar-refractivity contribution in [3.8, 4) is 0 Å². The number of aliphatic imine (C=N–C) groups is 2. The number of hydrogen-bond acceptors (Lipinski definition) is 2. The highest BCUT2D eigenvalue weighted by molar-refractivity contribution is 5.82. The molecule has 0 unspecified atom stereocenters. The third-order valence-electron chi connectivity index (χ3n) is 2.74. The summed E-state index contributed by atoms with van der Waals surface area (Å²) in [5.41, 5.74) is 2.59. The van der Waals surface area contributed by atoms with Crippen molar-refractivity contribution in [3.63, 3.8) is 0 Å². The normalized spacial score (nSPS) is 13.8. The van der Waals surface area contributed by atoms with Gasteiger partial charge >= 0.3 is 0 Å². The molecular formula is C16H32N2. The molecule has 2 heteroatoms. The smallest absolute Gasteiger partial charge is 0.0389 e. The van der Waals surface area contributed by atoms with E-state index >= 15 is 0 Å². The minimum absolute atomic E-state index is 0.719. The first-order valence-corrected chi connectivity index (χ1v) is 7.41. The van der Waals surface area contributed by atoms with Crippen LogP contribution in [0.2, 0.25) is 0 Å². The Labute approximate surface area is 114 Å². The lowest BCUT2D eigenvalue weighted by Gasteiger charge is -2.05. The zero-order chi connectivity index (χ0) is 14.0. The van der Waals surface area contributed by atoms with E-state index in [1.165, 1.54) is 11.4 Å². The minimum Gasteiger partial charge on any atom is -0.294 e. The van der Waals surface area contributed by atoms with Gasteiger partial charge in [-0.1, -0.05) is 27.7 Å². The lowest BCUT2D eigenvalue weighted by Crippen LogP contribution is -2.01. The van der Waals surface area contributed by atoms with E-state index in [1.54, 1.807) is 0 Å². The summed E-state index contributed by atoms with van der Waals surface area (Å²) in [7, 11) is 0. The predicted octanol–water partition coefficient (Wildman–Crippen LogP) is 4.78. The predicted molar refractivity (Wildman–Crippen MR) is 84.1 cm³/mol. The third-order valence-corrected chi connectivity index (χ3v) is 2.74. The zero-order valence-electron chi connectivity index (χ0n) is 13.3. The van der Waals surface area contributed by atoms with Crippen LogP contribution in [0.4, 0.5) is 0 Å². The second-order valence-electron chi connectivity index (χ2n) is 6.14. The van der Waals surface area contributed by atoms with Crippen LogP contribution in [-0.2, 0) is 0 Å². The van der Waals surface area contributed by atoms with Crippen LogP contribution >= 0.6 is 0 Å². The van der Waals surface area contributed by atoms with Gasteiger partial charge in [0.1, 0.15) is 0 Å². The van der Waals surface area contributed by atoms with Gasteiger partial charge in [-0.25, -0.2) is 0 Å². The van der Waals surface area contributed by atoms with Gasteiger partial charge in [0.25, 0.3) is 0 Å². The maximum absolute atomic E-state index is 4.60. The van der Waals surface area contributed by atoms with Crippen molar-refractivity contribution in [1.29, 1.82) is 0 Å². The average molecular weight is 252 g/mol. The fourth-order valence-electron chi connectivity index (χ4n) is 2.07. The molecule has 2 nitrogen and oxygen atoms in total. The van der Waals surface area contributed by atoms with Crippen molar-refractivity contribution in [3.05, 3.63) is 0 Å². The summed E-state index contributed by atoms with van der Waals surface area (Å²) in [5.74, 6) is 1.44. The molecule has 0 aromatic heterocycles. The Morgan fingerprint density at radius 3 is 1.33 bits per heavy atom. The van der Waals surface area contributed by atoms with Crippen molar-refractivity contribution in [2.24, 2.45) is 21.8 Å². The summed E-state index contributed by atoms with van der Waals surface area (Å²) in [5, 5.41) is 0. The summed E-state index contributed by atoms with van der Waals surface area (Å²) in [6.45, 7) is 15.2. The quantitative estimate of drug-likeness (QED) is 0.417. The largest absolute Gasteiger partial charge is 0.294 e. The van der Waals surface area contributed by atoms with Crippen LogP contribution in [-0.4, -0.2) is 24.5 Å². The molecule has 0 aromatic rings. The van der Waals surface area contributed by atoms with E-state index in [0.29, 0.717) is 0 Å². The van der Waals surface area contributed by atoms with E-state index in [2.05, 4.69) is 51.5 Å². The first-order chi connectivity index (χ1) is 8.41. The molecule has 106 valence electrons. The molecular weight excluding hydrogens is 220 g/mol. The number of hydrogen-bond donors (Lipinski definition) is 0. The Hall–Kier alpha value is -0.660. The number of rotatable bonds is 9. The molecule has 0 fully saturated rings. The van der Waals surface area contributed by atoms with Crippen molar-refractivity contribution in [1.82, 2.24) is 0 Å². The average Bonchev–Trinajstić information content (AvgIpc) is 2.20. The number of unbranched alkanes of at least 4 members (excludes halogenated alkanes) is 1. The molecule has 0 spiro atoms. The highest BCUT2D eigenvalue weighted by Crippen LogP contribution is 2.03. The Balaban J connectivity index is 3.62. The SMILES string of the molecule is CC(CC(C)C)=NCCCCN=C(C)CC(C)C. The molecule has 0 aliphatic rings. The Morgan fingerprint density at radius 1 is 0.722 bits per heavy atom. The van der Waals surface area contributed by atoms with Gasteiger partial charge < -0.3 is 0 Å². The topological polar surface area (TPSA) is 24.7 Å². The van der Waals surface area contributed by atoms with Gasteiger partial charge in [0.2, 0.25) is 0 Å². The molecule has 18 heavy (non-hydrogen) atoms. The highest BCUT2D eigenvalue weighted by atomic mass is 14.7. The molecule has 0 radical (unpaired) electrons. The molecule has 0 bridgehead atoms. The van der Waals surface area contributed by atoms with Gasteiger partial charge in [0, 0.05) is 24.5 Å². The summed E-state index contributed by atoms with van der Waals surface area (Å²) in [6, 6.07) is 0. The molecule has 0 heterocycles. The summed E-state index contributed by atoms with van der Waals surface area (Å²) in [4.78, 5) is 9.20. The van der Waals surface area contributed by atoms with E-state index in [4.69, 9.17) is 0 Å². The Kier molecular flexibility index (Phi) is 9.90. The standard InChI is InChI=1S/C16H32N2/c1-13(2)11-15(5)17-9-7-8-10-18-16(6)12-14(3)4/h13-14H,7-12H2,1-6H3. The van der Waals surface area contributed by atoms with Crippen molar-refractivity contribution >= 4 is 11.4 Å². The van der Waals surface area contributed by atoms with Gasteiger partial charge in [0.05, 0.1) is 0 Å². The van der Waals surface area contributed by atoms with Crippen LogP contribution in [0.3, 0.4) is 0 Å². The molecule has 0 atom stereocenters. The van der Waals surface area contributed by atoms with E-state index in [0.717, 1.165) is 50.6 Å². The molecule has 0 saturated carbocycles. The first-order valence-electron chi connectivity index (χ1n) is 7.41. The minimum atomic E-state index is 0.719. The Morgan fingerprint density at radius 2 is 1.06 bits per heavy atom. The Bertz CT molecular complexity index is 234. The van der Waals surface area contributed by atoms with Crippen LogP contribution in [0.15, 0.2) is 9.98 Å². The zero-order valence-corrected chi connectivity index (χ0v) is 13.3. The fraction of sp³-hybridized carbons (Fsp3) is 0.875. The van der Waals surface area contributed by atoms with Crippen molar-refractivity contribution in [2.75, 3.05) is 13.1 Å². The lowest BCUT2D eigenvalue weighted by molar-refractivity contribution is 0.673. The molecule has 0 aromatic carbocycles. The van der Waals surface area contributed by atoms with Crippen molar-refractivity contribution in [2.45, 2.75) is 67.2 Å². The van der Waals surface area contributed by atoms with Crippen LogP contribution in [0.25, 0.3) is 0 Å². The van der Waals surface area contributed by atoms with Crippen LogP contribution in [0.1, 0.15) is 67.2 Å². The fourth-order valence-corrected chi connectivity index (χ4v) is 2.07. The van der Waals surface area contributed by atoms with E-state index in [9.17, 15) is 0 Å². The molecule has 0 amide bonds.